The van der Waals surface area contributed by atoms with Gasteiger partial charge < -0.3 is 10.6 Å². The number of amides is 2. The molecule has 0 bridgehead atoms. The molecule has 2 atom stereocenters. The predicted octanol–water partition coefficient (Wildman–Crippen LogP) is 4.82. The normalized spacial score (nSPS) is 13.0. The molecule has 0 spiro atoms. The summed E-state index contributed by atoms with van der Waals surface area (Å²) in [4.78, 5) is 28.0. The first-order valence-electron chi connectivity index (χ1n) is 9.90. The highest BCUT2D eigenvalue weighted by Crippen LogP contribution is 2.27. The van der Waals surface area contributed by atoms with Crippen LogP contribution in [0.4, 0.5) is 11.4 Å². The molecule has 2 rings (SSSR count). The summed E-state index contributed by atoms with van der Waals surface area (Å²) < 4.78 is 0. The van der Waals surface area contributed by atoms with E-state index in [4.69, 9.17) is 0 Å². The summed E-state index contributed by atoms with van der Waals surface area (Å²) in [6.45, 7) is 6.22. The molecule has 0 aliphatic carbocycles. The second-order valence-corrected chi connectivity index (χ2v) is 8.07. The molecule has 0 fully saturated rings. The molecule has 0 aromatic heterocycles. The summed E-state index contributed by atoms with van der Waals surface area (Å²) in [5.41, 5.74) is 2.76. The van der Waals surface area contributed by atoms with E-state index in [0.29, 0.717) is 5.92 Å². The van der Waals surface area contributed by atoms with Crippen LogP contribution in [0.15, 0.2) is 53.4 Å². The van der Waals surface area contributed by atoms with Crippen molar-refractivity contribution in [1.29, 1.82) is 0 Å². The van der Waals surface area contributed by atoms with Gasteiger partial charge in [-0.15, -0.1) is 11.8 Å². The van der Waals surface area contributed by atoms with Gasteiger partial charge in [-0.1, -0.05) is 44.2 Å². The molecule has 29 heavy (non-hydrogen) atoms. The Morgan fingerprint density at radius 1 is 1.00 bits per heavy atom. The average molecular weight is 414 g/mol. The van der Waals surface area contributed by atoms with Gasteiger partial charge >= 0.3 is 0 Å². The predicted molar refractivity (Wildman–Crippen MR) is 123 cm³/mol. The van der Waals surface area contributed by atoms with Crippen molar-refractivity contribution in [3.63, 3.8) is 0 Å². The van der Waals surface area contributed by atoms with Crippen molar-refractivity contribution < 1.29 is 9.59 Å². The maximum Gasteiger partial charge on any atom is 0.241 e. The Kier molecular flexibility index (Phi) is 8.73. The lowest BCUT2D eigenvalue weighted by atomic mass is 9.97. The molecular formula is C23H31N3O2S. The van der Waals surface area contributed by atoms with Crippen LogP contribution in [0.1, 0.15) is 38.7 Å². The Bertz CT molecular complexity index is 840. The van der Waals surface area contributed by atoms with Crippen LogP contribution >= 0.6 is 11.8 Å². The number of rotatable bonds is 9. The van der Waals surface area contributed by atoms with Crippen LogP contribution in [0.5, 0.6) is 0 Å². The fourth-order valence-corrected chi connectivity index (χ4v) is 3.55. The fraction of sp³-hybridized carbons (Fsp3) is 0.391. The van der Waals surface area contributed by atoms with Crippen molar-refractivity contribution in [2.24, 2.45) is 0 Å². The Morgan fingerprint density at radius 2 is 1.62 bits per heavy atom. The van der Waals surface area contributed by atoms with Crippen molar-refractivity contribution >= 4 is 35.0 Å². The number of hydrogen-bond acceptors (Lipinski definition) is 4. The van der Waals surface area contributed by atoms with Crippen molar-refractivity contribution in [2.75, 3.05) is 30.5 Å². The van der Waals surface area contributed by atoms with Crippen molar-refractivity contribution in [3.8, 4) is 0 Å². The van der Waals surface area contributed by atoms with Gasteiger partial charge in [0.05, 0.1) is 18.3 Å². The lowest BCUT2D eigenvalue weighted by Gasteiger charge is -2.24. The standard InChI is InChI=1S/C23H31N3O2S/c1-6-16(2)18-11-7-8-12-19(18)25-23(28)17(3)26(4)15-22(27)24-20-13-9-10-14-21(20)29-5/h7-14,16-17H,6,15H2,1-5H3,(H,24,27)(H,25,28)/t16-,17-/m0/s1. The second-order valence-electron chi connectivity index (χ2n) is 7.23. The van der Waals surface area contributed by atoms with Crippen LogP contribution in [-0.4, -0.2) is 42.6 Å². The lowest BCUT2D eigenvalue weighted by Crippen LogP contribution is -2.43. The molecule has 156 valence electrons. The summed E-state index contributed by atoms with van der Waals surface area (Å²) in [5.74, 6) is 0.0936. The monoisotopic (exact) mass is 413 g/mol. The van der Waals surface area contributed by atoms with Gasteiger partial charge in [0.15, 0.2) is 0 Å². The van der Waals surface area contributed by atoms with E-state index in [0.717, 1.165) is 28.3 Å². The third kappa shape index (κ3) is 6.34. The average Bonchev–Trinajstić information content (AvgIpc) is 2.73. The van der Waals surface area contributed by atoms with Crippen LogP contribution in [0, 0.1) is 0 Å². The van der Waals surface area contributed by atoms with Crippen LogP contribution in [0.3, 0.4) is 0 Å². The lowest BCUT2D eigenvalue weighted by molar-refractivity contribution is -0.122. The molecule has 2 aromatic carbocycles. The van der Waals surface area contributed by atoms with E-state index in [1.54, 1.807) is 23.7 Å². The fourth-order valence-electron chi connectivity index (χ4n) is 3.00. The van der Waals surface area contributed by atoms with Gasteiger partial charge in [0.25, 0.3) is 0 Å². The number of carbonyl (C=O) groups excluding carboxylic acids is 2. The SMILES string of the molecule is CC[C@H](C)c1ccccc1NC(=O)[C@H](C)N(C)CC(=O)Nc1ccccc1SC. The third-order valence-electron chi connectivity index (χ3n) is 5.18. The van der Waals surface area contributed by atoms with E-state index in [1.165, 1.54) is 0 Å². The minimum absolute atomic E-state index is 0.124. The Hall–Kier alpha value is -2.31. The minimum atomic E-state index is -0.443. The molecule has 6 heteroatoms. The van der Waals surface area contributed by atoms with E-state index in [1.807, 2.05) is 55.6 Å². The van der Waals surface area contributed by atoms with Gasteiger partial charge in [0, 0.05) is 10.6 Å². The van der Waals surface area contributed by atoms with Gasteiger partial charge in [0.1, 0.15) is 0 Å². The molecule has 2 aromatic rings. The maximum absolute atomic E-state index is 12.8. The molecule has 0 unspecified atom stereocenters. The van der Waals surface area contributed by atoms with Gasteiger partial charge in [-0.25, -0.2) is 0 Å². The number of para-hydroxylation sites is 2. The van der Waals surface area contributed by atoms with E-state index >= 15 is 0 Å². The van der Waals surface area contributed by atoms with Crippen molar-refractivity contribution in [3.05, 3.63) is 54.1 Å². The highest BCUT2D eigenvalue weighted by molar-refractivity contribution is 7.98. The maximum atomic E-state index is 12.8. The van der Waals surface area contributed by atoms with E-state index in [-0.39, 0.29) is 18.4 Å². The number of thioether (sulfide) groups is 1. The Morgan fingerprint density at radius 3 is 2.28 bits per heavy atom. The first-order valence-corrected chi connectivity index (χ1v) is 11.1. The summed E-state index contributed by atoms with van der Waals surface area (Å²) in [7, 11) is 1.78. The third-order valence-corrected chi connectivity index (χ3v) is 5.97. The van der Waals surface area contributed by atoms with E-state index in [2.05, 4.69) is 30.5 Å². The second kappa shape index (κ2) is 11.0. The summed E-state index contributed by atoms with van der Waals surface area (Å²) >= 11 is 1.58. The molecular weight excluding hydrogens is 382 g/mol. The quantitative estimate of drug-likeness (QED) is 0.579. The van der Waals surface area contributed by atoms with Crippen molar-refractivity contribution in [2.45, 2.75) is 44.0 Å². The topological polar surface area (TPSA) is 61.4 Å². The molecule has 5 nitrogen and oxygen atoms in total. The van der Waals surface area contributed by atoms with Gasteiger partial charge in [0.2, 0.25) is 11.8 Å². The summed E-state index contributed by atoms with van der Waals surface area (Å²) in [6, 6.07) is 15.1. The molecule has 0 aliphatic rings. The first-order chi connectivity index (χ1) is 13.9. The molecule has 2 N–H and O–H groups in total. The molecule has 0 heterocycles. The van der Waals surface area contributed by atoms with Crippen molar-refractivity contribution in [1.82, 2.24) is 4.90 Å². The largest absolute Gasteiger partial charge is 0.324 e. The van der Waals surface area contributed by atoms with E-state index < -0.39 is 6.04 Å². The van der Waals surface area contributed by atoms with Gasteiger partial charge in [-0.05, 0) is 56.3 Å². The smallest absolute Gasteiger partial charge is 0.241 e. The molecule has 0 radical (unpaired) electrons. The number of likely N-dealkylation sites (N-methyl/N-ethyl adjacent to an activating group) is 1. The Labute approximate surface area is 178 Å². The van der Waals surface area contributed by atoms with Crippen LogP contribution < -0.4 is 10.6 Å². The van der Waals surface area contributed by atoms with Crippen LogP contribution in [0.2, 0.25) is 0 Å². The Balaban J connectivity index is 1.98. The van der Waals surface area contributed by atoms with Gasteiger partial charge in [-0.3, -0.25) is 14.5 Å². The summed E-state index contributed by atoms with van der Waals surface area (Å²) in [6.07, 6.45) is 2.97. The molecule has 0 aliphatic heterocycles. The highest BCUT2D eigenvalue weighted by Gasteiger charge is 2.22. The zero-order valence-corrected chi connectivity index (χ0v) is 18.7. The zero-order valence-electron chi connectivity index (χ0n) is 17.9. The number of nitrogens with zero attached hydrogens (tertiary/aromatic N) is 1. The number of carbonyl (C=O) groups is 2. The van der Waals surface area contributed by atoms with Gasteiger partial charge in [-0.2, -0.15) is 0 Å². The number of anilines is 2. The highest BCUT2D eigenvalue weighted by atomic mass is 32.2. The minimum Gasteiger partial charge on any atom is -0.324 e. The molecule has 0 saturated carbocycles. The number of nitrogens with one attached hydrogen (secondary N) is 2. The molecule has 2 amide bonds. The first kappa shape index (κ1) is 23.0. The zero-order chi connectivity index (χ0) is 21.4. The van der Waals surface area contributed by atoms with Crippen LogP contribution in [-0.2, 0) is 9.59 Å². The summed E-state index contributed by atoms with van der Waals surface area (Å²) in [5, 5.41) is 5.97. The number of hydrogen-bond donors (Lipinski definition) is 2. The van der Waals surface area contributed by atoms with Crippen LogP contribution in [0.25, 0.3) is 0 Å². The number of benzene rings is 2. The molecule has 0 saturated heterocycles. The van der Waals surface area contributed by atoms with E-state index in [9.17, 15) is 9.59 Å².